The van der Waals surface area contributed by atoms with Gasteiger partial charge in [-0.1, -0.05) is 18.2 Å². The van der Waals surface area contributed by atoms with Crippen molar-refractivity contribution in [2.45, 2.75) is 25.1 Å². The van der Waals surface area contributed by atoms with Gasteiger partial charge in [0.25, 0.3) is 0 Å². The Hall–Kier alpha value is -2.19. The first-order valence-corrected chi connectivity index (χ1v) is 9.75. The van der Waals surface area contributed by atoms with Crippen LogP contribution in [0.5, 0.6) is 0 Å². The van der Waals surface area contributed by atoms with Crippen LogP contribution >= 0.6 is 11.3 Å². The Bertz CT molecular complexity index is 905. The molecule has 4 rings (SSSR count). The number of benzene rings is 1. The molecule has 2 aromatic heterocycles. The molecule has 4 nitrogen and oxygen atoms in total. The standard InChI is InChI=1S/C19H19F3N4S/c20-19(21,22)18-24-14-7-2-1-6-13(14)17(25-18)23-12-15(16-8-5-11-27-16)26-9-3-4-10-26/h1-2,5-8,11,15H,3-4,9-10,12H2,(H,23,24,25)/t15-/m0/s1. The number of hydrogen-bond donors (Lipinski definition) is 1. The Balaban J connectivity index is 1.65. The summed E-state index contributed by atoms with van der Waals surface area (Å²) in [6.07, 6.45) is -2.28. The number of rotatable bonds is 5. The normalized spacial score (nSPS) is 16.7. The van der Waals surface area contributed by atoms with E-state index in [4.69, 9.17) is 0 Å². The number of anilines is 1. The van der Waals surface area contributed by atoms with Gasteiger partial charge in [-0.05, 0) is 49.5 Å². The lowest BCUT2D eigenvalue weighted by molar-refractivity contribution is -0.144. The van der Waals surface area contributed by atoms with Crippen LogP contribution in [0.1, 0.15) is 29.6 Å². The van der Waals surface area contributed by atoms with Gasteiger partial charge >= 0.3 is 6.18 Å². The minimum Gasteiger partial charge on any atom is -0.367 e. The number of aromatic nitrogens is 2. The van der Waals surface area contributed by atoms with Gasteiger partial charge in [0.15, 0.2) is 0 Å². The molecule has 3 aromatic rings. The highest BCUT2D eigenvalue weighted by Crippen LogP contribution is 2.32. The van der Waals surface area contributed by atoms with Crippen molar-refractivity contribution in [3.8, 4) is 0 Å². The Morgan fingerprint density at radius 2 is 1.85 bits per heavy atom. The van der Waals surface area contributed by atoms with Crippen molar-refractivity contribution in [2.24, 2.45) is 0 Å². The number of nitrogens with zero attached hydrogens (tertiary/aromatic N) is 3. The third-order valence-electron chi connectivity index (χ3n) is 4.77. The van der Waals surface area contributed by atoms with Gasteiger partial charge in [0.05, 0.1) is 11.6 Å². The third kappa shape index (κ3) is 3.91. The quantitative estimate of drug-likeness (QED) is 0.666. The van der Waals surface area contributed by atoms with Crippen LogP contribution in [0.3, 0.4) is 0 Å². The first kappa shape index (κ1) is 18.2. The van der Waals surface area contributed by atoms with E-state index < -0.39 is 12.0 Å². The van der Waals surface area contributed by atoms with E-state index >= 15 is 0 Å². The van der Waals surface area contributed by atoms with Gasteiger partial charge in [0.2, 0.25) is 5.82 Å². The Morgan fingerprint density at radius 3 is 2.56 bits per heavy atom. The van der Waals surface area contributed by atoms with Crippen LogP contribution in [0.4, 0.5) is 19.0 Å². The molecule has 0 amide bonds. The smallest absolute Gasteiger partial charge is 0.367 e. The molecule has 0 bridgehead atoms. The number of thiophene rings is 1. The maximum Gasteiger partial charge on any atom is 0.451 e. The molecule has 0 spiro atoms. The lowest BCUT2D eigenvalue weighted by atomic mass is 10.2. The van der Waals surface area contributed by atoms with Gasteiger partial charge in [0.1, 0.15) is 5.82 Å². The highest BCUT2D eigenvalue weighted by atomic mass is 32.1. The minimum atomic E-state index is -4.58. The number of hydrogen-bond acceptors (Lipinski definition) is 5. The average Bonchev–Trinajstić information content (AvgIpc) is 3.35. The van der Waals surface area contributed by atoms with E-state index in [1.54, 1.807) is 35.6 Å². The van der Waals surface area contributed by atoms with E-state index in [9.17, 15) is 13.2 Å². The lowest BCUT2D eigenvalue weighted by Gasteiger charge is -2.27. The van der Waals surface area contributed by atoms with Gasteiger partial charge in [-0.3, -0.25) is 4.90 Å². The summed E-state index contributed by atoms with van der Waals surface area (Å²) in [5.41, 5.74) is 0.288. The fourth-order valence-electron chi connectivity index (χ4n) is 3.48. The Morgan fingerprint density at radius 1 is 1.07 bits per heavy atom. The minimum absolute atomic E-state index is 0.121. The maximum absolute atomic E-state index is 13.2. The summed E-state index contributed by atoms with van der Waals surface area (Å²) in [6, 6.07) is 11.0. The van der Waals surface area contributed by atoms with Crippen molar-refractivity contribution >= 4 is 28.1 Å². The first-order chi connectivity index (χ1) is 13.0. The molecule has 27 heavy (non-hydrogen) atoms. The summed E-state index contributed by atoms with van der Waals surface area (Å²) in [5, 5.41) is 5.80. The number of alkyl halides is 3. The van der Waals surface area contributed by atoms with Gasteiger partial charge in [-0.25, -0.2) is 9.97 Å². The highest BCUT2D eigenvalue weighted by molar-refractivity contribution is 7.10. The summed E-state index contributed by atoms with van der Waals surface area (Å²) in [7, 11) is 0. The van der Waals surface area contributed by atoms with E-state index in [-0.39, 0.29) is 17.4 Å². The second-order valence-electron chi connectivity index (χ2n) is 6.57. The summed E-state index contributed by atoms with van der Waals surface area (Å²) in [4.78, 5) is 11.1. The summed E-state index contributed by atoms with van der Waals surface area (Å²) < 4.78 is 39.6. The monoisotopic (exact) mass is 392 g/mol. The molecule has 1 aliphatic rings. The number of nitrogens with one attached hydrogen (secondary N) is 1. The van der Waals surface area contributed by atoms with E-state index in [1.807, 2.05) is 11.4 Å². The predicted octanol–water partition coefficient (Wildman–Crippen LogP) is 4.96. The SMILES string of the molecule is FC(F)(F)c1nc(NC[C@@H](c2cccs2)N2CCCC2)c2ccccc2n1. The van der Waals surface area contributed by atoms with Gasteiger partial charge in [0, 0.05) is 16.8 Å². The topological polar surface area (TPSA) is 41.1 Å². The molecule has 142 valence electrons. The summed E-state index contributed by atoms with van der Waals surface area (Å²) in [5.74, 6) is -0.883. The molecular weight excluding hydrogens is 373 g/mol. The van der Waals surface area contributed by atoms with Crippen LogP contribution in [0.15, 0.2) is 41.8 Å². The molecule has 3 heterocycles. The van der Waals surface area contributed by atoms with Crippen molar-refractivity contribution in [3.05, 3.63) is 52.5 Å². The molecule has 1 aliphatic heterocycles. The number of fused-ring (bicyclic) bond motifs is 1. The summed E-state index contributed by atoms with van der Waals surface area (Å²) >= 11 is 1.67. The van der Waals surface area contributed by atoms with E-state index in [2.05, 4.69) is 26.3 Å². The third-order valence-corrected chi connectivity index (χ3v) is 5.75. The predicted molar refractivity (Wildman–Crippen MR) is 101 cm³/mol. The molecular formula is C19H19F3N4S. The van der Waals surface area contributed by atoms with Crippen LogP contribution in [-0.2, 0) is 6.18 Å². The van der Waals surface area contributed by atoms with Gasteiger partial charge < -0.3 is 5.32 Å². The molecule has 0 saturated carbocycles. The maximum atomic E-state index is 13.2. The Kier molecular flexibility index (Phi) is 5.01. The van der Waals surface area contributed by atoms with Crippen LogP contribution < -0.4 is 5.32 Å². The molecule has 0 radical (unpaired) electrons. The molecule has 1 N–H and O–H groups in total. The van der Waals surface area contributed by atoms with Crippen molar-refractivity contribution in [1.82, 2.24) is 14.9 Å². The fourth-order valence-corrected chi connectivity index (χ4v) is 4.34. The Labute approximate surface area is 159 Å². The van der Waals surface area contributed by atoms with Gasteiger partial charge in [-0.2, -0.15) is 13.2 Å². The molecule has 1 aromatic carbocycles. The second-order valence-corrected chi connectivity index (χ2v) is 7.55. The molecule has 0 aliphatic carbocycles. The van der Waals surface area contributed by atoms with Crippen molar-refractivity contribution in [1.29, 1.82) is 0 Å². The average molecular weight is 392 g/mol. The van der Waals surface area contributed by atoms with E-state index in [0.717, 1.165) is 25.9 Å². The zero-order chi connectivity index (χ0) is 18.9. The molecule has 1 fully saturated rings. The molecule has 8 heteroatoms. The van der Waals surface area contributed by atoms with Crippen molar-refractivity contribution < 1.29 is 13.2 Å². The van der Waals surface area contributed by atoms with E-state index in [1.165, 1.54) is 4.88 Å². The molecule has 1 atom stereocenters. The largest absolute Gasteiger partial charge is 0.451 e. The van der Waals surface area contributed by atoms with Crippen LogP contribution in [0.2, 0.25) is 0 Å². The fraction of sp³-hybridized carbons (Fsp3) is 0.368. The zero-order valence-electron chi connectivity index (χ0n) is 14.5. The number of likely N-dealkylation sites (tertiary alicyclic amines) is 1. The van der Waals surface area contributed by atoms with Crippen LogP contribution in [0.25, 0.3) is 10.9 Å². The second kappa shape index (κ2) is 7.44. The number of halogens is 3. The van der Waals surface area contributed by atoms with Gasteiger partial charge in [-0.15, -0.1) is 11.3 Å². The van der Waals surface area contributed by atoms with Crippen molar-refractivity contribution in [2.75, 3.05) is 25.0 Å². The van der Waals surface area contributed by atoms with Crippen LogP contribution in [0, 0.1) is 0 Å². The summed E-state index contributed by atoms with van der Waals surface area (Å²) in [6.45, 7) is 2.50. The highest BCUT2D eigenvalue weighted by Gasteiger charge is 2.35. The zero-order valence-corrected chi connectivity index (χ0v) is 15.4. The number of para-hydroxylation sites is 1. The lowest BCUT2D eigenvalue weighted by Crippen LogP contribution is -2.30. The van der Waals surface area contributed by atoms with E-state index in [0.29, 0.717) is 11.9 Å². The molecule has 0 unspecified atom stereocenters. The van der Waals surface area contributed by atoms with Crippen molar-refractivity contribution in [3.63, 3.8) is 0 Å². The first-order valence-electron chi connectivity index (χ1n) is 8.88. The van der Waals surface area contributed by atoms with Crippen LogP contribution in [-0.4, -0.2) is 34.5 Å². The molecule has 1 saturated heterocycles.